The van der Waals surface area contributed by atoms with Crippen molar-refractivity contribution < 1.29 is 0 Å². The molecule has 0 saturated heterocycles. The number of nitrogens with zero attached hydrogens (tertiary/aromatic N) is 2. The standard InChI is InChI=1S/C42H26N2S/c1-3-11-27(12-4-1)29-15-9-16-30(25-29)41-35-17-7-8-20-37(35)43-42(44-41)31-21-23-38-36(26-31)34-19-10-18-33-32(28-13-5-2-6-14-28)22-24-39(45-38)40(33)34/h1-26H. The van der Waals surface area contributed by atoms with E-state index in [1.54, 1.807) is 0 Å². The molecule has 0 radical (unpaired) electrons. The Morgan fingerprint density at radius 2 is 1.07 bits per heavy atom. The molecule has 3 heteroatoms. The van der Waals surface area contributed by atoms with Crippen LogP contribution in [0.1, 0.15) is 0 Å². The lowest BCUT2D eigenvalue weighted by atomic mass is 9.92. The number of benzene rings is 7. The van der Waals surface area contributed by atoms with Gasteiger partial charge in [-0.1, -0.05) is 139 Å². The van der Waals surface area contributed by atoms with Gasteiger partial charge in [-0.15, -0.1) is 0 Å². The zero-order chi connectivity index (χ0) is 29.7. The lowest BCUT2D eigenvalue weighted by molar-refractivity contribution is 1.22. The van der Waals surface area contributed by atoms with E-state index in [9.17, 15) is 0 Å². The van der Waals surface area contributed by atoms with Crippen molar-refractivity contribution in [1.82, 2.24) is 9.97 Å². The zero-order valence-electron chi connectivity index (χ0n) is 24.3. The first kappa shape index (κ1) is 25.9. The Morgan fingerprint density at radius 1 is 0.378 bits per heavy atom. The van der Waals surface area contributed by atoms with Gasteiger partial charge in [0.1, 0.15) is 0 Å². The van der Waals surface area contributed by atoms with E-state index in [0.717, 1.165) is 33.5 Å². The lowest BCUT2D eigenvalue weighted by Gasteiger charge is -2.22. The van der Waals surface area contributed by atoms with Gasteiger partial charge in [-0.05, 0) is 69.1 Å². The number of hydrogen-bond acceptors (Lipinski definition) is 3. The molecule has 2 heterocycles. The molecule has 1 aliphatic rings. The molecule has 0 fully saturated rings. The van der Waals surface area contributed by atoms with Crippen LogP contribution in [-0.4, -0.2) is 9.97 Å². The Labute approximate surface area is 266 Å². The first-order valence-electron chi connectivity index (χ1n) is 15.2. The van der Waals surface area contributed by atoms with Crippen LogP contribution in [0.3, 0.4) is 0 Å². The van der Waals surface area contributed by atoms with Gasteiger partial charge in [-0.2, -0.15) is 0 Å². The Morgan fingerprint density at radius 3 is 1.93 bits per heavy atom. The third kappa shape index (κ3) is 4.44. The van der Waals surface area contributed by atoms with Gasteiger partial charge in [-0.3, -0.25) is 0 Å². The molecule has 0 N–H and O–H groups in total. The van der Waals surface area contributed by atoms with Crippen LogP contribution in [0.4, 0.5) is 0 Å². The number of para-hydroxylation sites is 1. The van der Waals surface area contributed by atoms with Crippen molar-refractivity contribution in [3.8, 4) is 56.0 Å². The molecule has 0 unspecified atom stereocenters. The van der Waals surface area contributed by atoms with Crippen molar-refractivity contribution in [2.45, 2.75) is 9.79 Å². The van der Waals surface area contributed by atoms with Crippen molar-refractivity contribution in [2.75, 3.05) is 0 Å². The lowest BCUT2D eigenvalue weighted by Crippen LogP contribution is -1.98. The molecule has 0 saturated carbocycles. The van der Waals surface area contributed by atoms with E-state index in [4.69, 9.17) is 9.97 Å². The summed E-state index contributed by atoms with van der Waals surface area (Å²) in [6.07, 6.45) is 0. The highest BCUT2D eigenvalue weighted by Crippen LogP contribution is 2.50. The topological polar surface area (TPSA) is 25.8 Å². The summed E-state index contributed by atoms with van der Waals surface area (Å²) in [5, 5.41) is 3.64. The SMILES string of the molecule is c1ccc(-c2cccc(-c3nc(-c4ccc5c(c4)-c4cccc6c(-c7ccccc7)ccc(c46)S5)nc4ccccc34)c2)cc1. The van der Waals surface area contributed by atoms with E-state index in [-0.39, 0.29) is 0 Å². The minimum atomic E-state index is 0.734. The molecular weight excluding hydrogens is 565 g/mol. The predicted molar refractivity (Wildman–Crippen MR) is 188 cm³/mol. The Bertz CT molecular complexity index is 2400. The van der Waals surface area contributed by atoms with Crippen molar-refractivity contribution >= 4 is 33.4 Å². The van der Waals surface area contributed by atoms with Crippen LogP contribution in [0.2, 0.25) is 0 Å². The van der Waals surface area contributed by atoms with Crippen LogP contribution in [0, 0.1) is 0 Å². The average molecular weight is 591 g/mol. The molecule has 7 aromatic carbocycles. The van der Waals surface area contributed by atoms with Gasteiger partial charge < -0.3 is 0 Å². The second kappa shape index (κ2) is 10.6. The number of hydrogen-bond donors (Lipinski definition) is 0. The van der Waals surface area contributed by atoms with Crippen molar-refractivity contribution in [3.63, 3.8) is 0 Å². The van der Waals surface area contributed by atoms with Gasteiger partial charge in [0.05, 0.1) is 11.2 Å². The van der Waals surface area contributed by atoms with E-state index in [0.29, 0.717) is 0 Å². The minimum Gasteiger partial charge on any atom is -0.228 e. The summed E-state index contributed by atoms with van der Waals surface area (Å²) in [5.74, 6) is 0.734. The van der Waals surface area contributed by atoms with Crippen LogP contribution < -0.4 is 0 Å². The molecule has 0 atom stereocenters. The normalized spacial score (nSPS) is 11.9. The summed E-state index contributed by atoms with van der Waals surface area (Å²) in [7, 11) is 0. The van der Waals surface area contributed by atoms with E-state index >= 15 is 0 Å². The maximum absolute atomic E-state index is 5.25. The molecule has 210 valence electrons. The summed E-state index contributed by atoms with van der Waals surface area (Å²) < 4.78 is 0. The minimum absolute atomic E-state index is 0.734. The Balaban J connectivity index is 1.21. The summed E-state index contributed by atoms with van der Waals surface area (Å²) in [4.78, 5) is 12.9. The van der Waals surface area contributed by atoms with Crippen molar-refractivity contribution in [2.24, 2.45) is 0 Å². The molecular formula is C42H26N2S. The third-order valence-corrected chi connectivity index (χ3v) is 9.82. The molecule has 2 nitrogen and oxygen atoms in total. The summed E-state index contributed by atoms with van der Waals surface area (Å²) in [6.45, 7) is 0. The highest BCUT2D eigenvalue weighted by atomic mass is 32.2. The second-order valence-corrected chi connectivity index (χ2v) is 12.5. The first-order chi connectivity index (χ1) is 22.3. The summed E-state index contributed by atoms with van der Waals surface area (Å²) >= 11 is 1.84. The van der Waals surface area contributed by atoms with Gasteiger partial charge >= 0.3 is 0 Å². The van der Waals surface area contributed by atoms with Crippen LogP contribution >= 0.6 is 11.8 Å². The van der Waals surface area contributed by atoms with Crippen LogP contribution in [-0.2, 0) is 0 Å². The van der Waals surface area contributed by atoms with E-state index in [1.165, 1.54) is 53.9 Å². The highest BCUT2D eigenvalue weighted by Gasteiger charge is 2.22. The first-order valence-corrected chi connectivity index (χ1v) is 16.0. The van der Waals surface area contributed by atoms with Crippen LogP contribution in [0.15, 0.2) is 168 Å². The van der Waals surface area contributed by atoms with Crippen molar-refractivity contribution in [1.29, 1.82) is 0 Å². The number of aromatic nitrogens is 2. The fourth-order valence-corrected chi connectivity index (χ4v) is 7.65. The van der Waals surface area contributed by atoms with Gasteiger partial charge in [0.25, 0.3) is 0 Å². The fourth-order valence-electron chi connectivity index (χ4n) is 6.54. The highest BCUT2D eigenvalue weighted by molar-refractivity contribution is 7.99. The molecule has 0 spiro atoms. The molecule has 1 aliphatic heterocycles. The Kier molecular flexibility index (Phi) is 6.10. The maximum Gasteiger partial charge on any atom is 0.160 e. The second-order valence-electron chi connectivity index (χ2n) is 11.4. The predicted octanol–water partition coefficient (Wildman–Crippen LogP) is 11.6. The quantitative estimate of drug-likeness (QED) is 0.204. The smallest absolute Gasteiger partial charge is 0.160 e. The molecule has 8 aromatic rings. The van der Waals surface area contributed by atoms with E-state index in [1.807, 2.05) is 11.8 Å². The van der Waals surface area contributed by atoms with Crippen molar-refractivity contribution in [3.05, 3.63) is 158 Å². The van der Waals surface area contributed by atoms with Crippen LogP contribution in [0.5, 0.6) is 0 Å². The fraction of sp³-hybridized carbons (Fsp3) is 0. The average Bonchev–Trinajstić information content (AvgIpc) is 3.12. The van der Waals surface area contributed by atoms with Crippen LogP contribution in [0.25, 0.3) is 77.7 Å². The molecule has 0 amide bonds. The molecule has 0 bridgehead atoms. The number of fused-ring (bicyclic) bond motifs is 3. The third-order valence-electron chi connectivity index (χ3n) is 8.68. The van der Waals surface area contributed by atoms with Gasteiger partial charge in [0, 0.05) is 31.7 Å². The summed E-state index contributed by atoms with van der Waals surface area (Å²) in [6, 6.07) is 56.1. The largest absolute Gasteiger partial charge is 0.228 e. The van der Waals surface area contributed by atoms with E-state index in [2.05, 4.69) is 158 Å². The van der Waals surface area contributed by atoms with E-state index < -0.39 is 0 Å². The monoisotopic (exact) mass is 590 g/mol. The maximum atomic E-state index is 5.25. The molecule has 0 aliphatic carbocycles. The Hall–Kier alpha value is -5.51. The van der Waals surface area contributed by atoms with Gasteiger partial charge in [0.2, 0.25) is 0 Å². The molecule has 45 heavy (non-hydrogen) atoms. The zero-order valence-corrected chi connectivity index (χ0v) is 25.1. The number of rotatable bonds is 4. The molecule has 9 rings (SSSR count). The van der Waals surface area contributed by atoms with Gasteiger partial charge in [0.15, 0.2) is 5.82 Å². The van der Waals surface area contributed by atoms with Gasteiger partial charge in [-0.25, -0.2) is 9.97 Å². The summed E-state index contributed by atoms with van der Waals surface area (Å²) in [5.41, 5.74) is 11.3. The molecule has 1 aromatic heterocycles.